The molecule has 0 aromatic carbocycles. The van der Waals surface area contributed by atoms with Gasteiger partial charge in [-0.15, -0.1) is 0 Å². The van der Waals surface area contributed by atoms with E-state index in [1.807, 2.05) is 0 Å². The van der Waals surface area contributed by atoms with E-state index in [1.165, 1.54) is 89.9 Å². The first-order valence-corrected chi connectivity index (χ1v) is 14.1. The number of carboxylic acid groups (broad SMARTS) is 1. The molecule has 31 heavy (non-hydrogen) atoms. The Balaban J connectivity index is 3.27. The van der Waals surface area contributed by atoms with Gasteiger partial charge in [0.1, 0.15) is 12.3 Å². The summed E-state index contributed by atoms with van der Waals surface area (Å²) in [6.07, 6.45) is 18.9. The zero-order chi connectivity index (χ0) is 23.2. The Hall–Kier alpha value is -0.460. The highest BCUT2D eigenvalue weighted by Gasteiger charge is 2.24. The van der Waals surface area contributed by atoms with Crippen LogP contribution in [0.25, 0.3) is 0 Å². The van der Waals surface area contributed by atoms with Gasteiger partial charge >= 0.3 is 13.6 Å². The first kappa shape index (κ1) is 30.5. The molecule has 0 aromatic heterocycles. The monoisotopic (exact) mass is 466 g/mol. The van der Waals surface area contributed by atoms with Crippen LogP contribution >= 0.6 is 7.60 Å². The van der Waals surface area contributed by atoms with Crippen LogP contribution in [0.5, 0.6) is 0 Å². The molecule has 2 atom stereocenters. The Labute approximate surface area is 189 Å². The quantitative estimate of drug-likeness (QED) is 0.120. The maximum absolute atomic E-state index is 11.4. The largest absolute Gasteiger partial charge is 0.481 e. The third-order valence-electron chi connectivity index (χ3n) is 5.26. The highest BCUT2D eigenvalue weighted by Crippen LogP contribution is 2.41. The number of rotatable bonds is 24. The zero-order valence-corrected chi connectivity index (χ0v) is 20.5. The molecule has 0 rings (SSSR count). The Morgan fingerprint density at radius 2 is 1.19 bits per heavy atom. The van der Waals surface area contributed by atoms with Crippen molar-refractivity contribution in [3.8, 4) is 0 Å². The number of ether oxygens (including phenoxy) is 1. The van der Waals surface area contributed by atoms with Crippen LogP contribution in [-0.2, 0) is 18.6 Å². The van der Waals surface area contributed by atoms with Crippen LogP contribution in [0.4, 0.5) is 0 Å². The van der Waals surface area contributed by atoms with Gasteiger partial charge in [-0.3, -0.25) is 9.36 Å². The Morgan fingerprint density at radius 3 is 1.61 bits per heavy atom. The van der Waals surface area contributed by atoms with Crippen LogP contribution in [0.1, 0.15) is 110 Å². The van der Waals surface area contributed by atoms with Gasteiger partial charge in [-0.05, 0) is 6.42 Å². The smallest absolute Gasteiger partial charge is 0.339 e. The van der Waals surface area contributed by atoms with Crippen LogP contribution in [0.3, 0.4) is 0 Å². The summed E-state index contributed by atoms with van der Waals surface area (Å²) in [5.74, 6) is -1.42. The van der Waals surface area contributed by atoms with E-state index in [4.69, 9.17) is 9.84 Å². The molecule has 0 radical (unpaired) electrons. The van der Waals surface area contributed by atoms with E-state index >= 15 is 0 Å². The minimum Gasteiger partial charge on any atom is -0.481 e. The number of hydrogen-bond acceptors (Lipinski definition) is 5. The van der Waals surface area contributed by atoms with Crippen molar-refractivity contribution in [1.82, 2.24) is 0 Å². The summed E-state index contributed by atoms with van der Waals surface area (Å²) in [4.78, 5) is 19.7. The average Bonchev–Trinajstić information content (AvgIpc) is 2.70. The van der Waals surface area contributed by atoms with Crippen molar-refractivity contribution in [3.63, 3.8) is 0 Å². The molecule has 2 unspecified atom stereocenters. The first-order chi connectivity index (χ1) is 14.9. The molecule has 0 aliphatic carbocycles. The van der Waals surface area contributed by atoms with Gasteiger partial charge in [0.25, 0.3) is 0 Å². The van der Waals surface area contributed by atoms with Gasteiger partial charge in [0.2, 0.25) is 0 Å². The molecule has 7 nitrogen and oxygen atoms in total. The Bertz CT molecular complexity index is 459. The Morgan fingerprint density at radius 1 is 0.774 bits per heavy atom. The van der Waals surface area contributed by atoms with E-state index in [0.29, 0.717) is 6.61 Å². The number of unbranched alkanes of at least 4 members (excludes halogenated alkanes) is 15. The van der Waals surface area contributed by atoms with Crippen LogP contribution in [-0.4, -0.2) is 53.2 Å². The van der Waals surface area contributed by atoms with Crippen molar-refractivity contribution in [3.05, 3.63) is 0 Å². The van der Waals surface area contributed by atoms with E-state index in [-0.39, 0.29) is 6.61 Å². The van der Waals surface area contributed by atoms with Gasteiger partial charge in [-0.1, -0.05) is 103 Å². The van der Waals surface area contributed by atoms with Crippen molar-refractivity contribution in [2.45, 2.75) is 116 Å². The molecule has 3 N–H and O–H groups in total. The third-order valence-corrected chi connectivity index (χ3v) is 6.48. The van der Waals surface area contributed by atoms with E-state index < -0.39 is 32.4 Å². The molecule has 0 fully saturated rings. The molecule has 8 heteroatoms. The van der Waals surface area contributed by atoms with Crippen LogP contribution < -0.4 is 0 Å². The van der Waals surface area contributed by atoms with Crippen molar-refractivity contribution in [2.75, 3.05) is 26.0 Å². The number of hydrogen-bond donors (Lipinski definition) is 3. The second-order valence-electron chi connectivity index (χ2n) is 8.52. The highest BCUT2D eigenvalue weighted by atomic mass is 31.2. The SMILES string of the molecule is CCCCCCCCCCCCCCCCCCOCC(O)COP(=O)(O)CC(=O)O. The lowest BCUT2D eigenvalue weighted by atomic mass is 10.0. The standard InChI is InChI=1S/C23H47O7P/c1-2-3-4-5-6-7-8-9-10-11-12-13-14-15-16-17-18-29-19-22(24)20-30-31(27,28)21-23(25)26/h22,24H,2-21H2,1H3,(H,25,26)(H,27,28). The van der Waals surface area contributed by atoms with Gasteiger partial charge in [0.15, 0.2) is 0 Å². The van der Waals surface area contributed by atoms with Gasteiger partial charge in [0, 0.05) is 6.61 Å². The summed E-state index contributed by atoms with van der Waals surface area (Å²) in [6.45, 7) is 2.38. The average molecular weight is 467 g/mol. The van der Waals surface area contributed by atoms with Crippen molar-refractivity contribution < 1.29 is 33.7 Å². The zero-order valence-electron chi connectivity index (χ0n) is 19.6. The fourth-order valence-corrected chi connectivity index (χ4v) is 4.28. The fraction of sp³-hybridized carbons (Fsp3) is 0.957. The minimum atomic E-state index is -4.20. The van der Waals surface area contributed by atoms with E-state index in [9.17, 15) is 19.4 Å². The van der Waals surface area contributed by atoms with Crippen molar-refractivity contribution in [1.29, 1.82) is 0 Å². The molecule has 0 saturated carbocycles. The summed E-state index contributed by atoms with van der Waals surface area (Å²) in [5, 5.41) is 18.1. The summed E-state index contributed by atoms with van der Waals surface area (Å²) in [5.41, 5.74) is 0. The van der Waals surface area contributed by atoms with Crippen molar-refractivity contribution in [2.24, 2.45) is 0 Å². The molecule has 0 amide bonds. The molecule has 0 spiro atoms. The predicted molar refractivity (Wildman–Crippen MR) is 125 cm³/mol. The van der Waals surface area contributed by atoms with E-state index in [1.54, 1.807) is 0 Å². The molecule has 0 heterocycles. The van der Waals surface area contributed by atoms with E-state index in [2.05, 4.69) is 11.4 Å². The molecule has 0 bridgehead atoms. The molecular formula is C23H47O7P. The highest BCUT2D eigenvalue weighted by molar-refractivity contribution is 7.53. The number of aliphatic hydroxyl groups excluding tert-OH is 1. The van der Waals surface area contributed by atoms with Crippen LogP contribution in [0.15, 0.2) is 0 Å². The minimum absolute atomic E-state index is 0.00577. The van der Waals surface area contributed by atoms with Gasteiger partial charge < -0.3 is 24.4 Å². The Kier molecular flexibility index (Phi) is 21.1. The van der Waals surface area contributed by atoms with Gasteiger partial charge in [-0.2, -0.15) is 0 Å². The van der Waals surface area contributed by atoms with Crippen LogP contribution in [0.2, 0.25) is 0 Å². The second kappa shape index (κ2) is 21.4. The molecule has 186 valence electrons. The second-order valence-corrected chi connectivity index (χ2v) is 10.4. The van der Waals surface area contributed by atoms with Gasteiger partial charge in [-0.25, -0.2) is 0 Å². The molecule has 0 saturated heterocycles. The van der Waals surface area contributed by atoms with Gasteiger partial charge in [0.05, 0.1) is 13.2 Å². The normalized spacial score (nSPS) is 14.4. The first-order valence-electron chi connectivity index (χ1n) is 12.3. The fourth-order valence-electron chi connectivity index (χ4n) is 3.44. The lowest BCUT2D eigenvalue weighted by Crippen LogP contribution is -2.22. The maximum Gasteiger partial charge on any atom is 0.339 e. The molecular weight excluding hydrogens is 419 g/mol. The lowest BCUT2D eigenvalue weighted by Gasteiger charge is -2.14. The van der Waals surface area contributed by atoms with Crippen LogP contribution in [0, 0.1) is 0 Å². The summed E-state index contributed by atoms with van der Waals surface area (Å²) < 4.78 is 21.3. The molecule has 0 aromatic rings. The summed E-state index contributed by atoms with van der Waals surface area (Å²) >= 11 is 0. The lowest BCUT2D eigenvalue weighted by molar-refractivity contribution is -0.134. The van der Waals surface area contributed by atoms with Crippen molar-refractivity contribution >= 4 is 13.6 Å². The third kappa shape index (κ3) is 24.0. The number of carboxylic acids is 1. The number of carbonyl (C=O) groups is 1. The molecule has 0 aliphatic rings. The summed E-state index contributed by atoms with van der Waals surface area (Å²) in [7, 11) is -4.20. The predicted octanol–water partition coefficient (Wildman–Crippen LogP) is 5.91. The van der Waals surface area contributed by atoms with E-state index in [0.717, 1.165) is 12.8 Å². The number of aliphatic carboxylic acids is 1. The maximum atomic E-state index is 11.4. The number of aliphatic hydroxyl groups is 1. The topological polar surface area (TPSA) is 113 Å². The molecule has 0 aliphatic heterocycles. The summed E-state index contributed by atoms with van der Waals surface area (Å²) in [6, 6.07) is 0.